The van der Waals surface area contributed by atoms with Crippen molar-refractivity contribution in [1.29, 1.82) is 0 Å². The second-order valence-corrected chi connectivity index (χ2v) is 3.06. The highest BCUT2D eigenvalue weighted by molar-refractivity contribution is 4.88. The van der Waals surface area contributed by atoms with E-state index >= 15 is 0 Å². The molecule has 2 fully saturated rings. The average molecular weight is 175 g/mol. The van der Waals surface area contributed by atoms with Gasteiger partial charge in [0, 0.05) is 6.61 Å². The number of hydrogen-bond acceptors (Lipinski definition) is 4. The van der Waals surface area contributed by atoms with Crippen molar-refractivity contribution in [2.24, 2.45) is 0 Å². The summed E-state index contributed by atoms with van der Waals surface area (Å²) < 4.78 is 10.4. The quantitative estimate of drug-likeness (QED) is 0.515. The van der Waals surface area contributed by atoms with E-state index in [0.717, 1.165) is 13.0 Å². The molecule has 12 heavy (non-hydrogen) atoms. The van der Waals surface area contributed by atoms with Gasteiger partial charge in [0.2, 0.25) is 0 Å². The zero-order valence-corrected chi connectivity index (χ0v) is 7.62. The SMILES string of the molecule is CNC.O[C@@H]1CO[C@@H]2CCO[C@H]12. The second-order valence-electron chi connectivity index (χ2n) is 3.06. The predicted molar refractivity (Wildman–Crippen MR) is 45.1 cm³/mol. The molecular weight excluding hydrogens is 158 g/mol. The molecule has 0 bridgehead atoms. The van der Waals surface area contributed by atoms with Crippen LogP contribution in [-0.2, 0) is 9.47 Å². The van der Waals surface area contributed by atoms with Gasteiger partial charge in [-0.2, -0.15) is 0 Å². The number of hydrogen-bond donors (Lipinski definition) is 2. The normalized spacial score (nSPS) is 38.8. The number of ether oxygens (including phenoxy) is 2. The van der Waals surface area contributed by atoms with Crippen LogP contribution in [0, 0.1) is 0 Å². The zero-order chi connectivity index (χ0) is 8.97. The van der Waals surface area contributed by atoms with Crippen molar-refractivity contribution in [3.8, 4) is 0 Å². The van der Waals surface area contributed by atoms with E-state index in [9.17, 15) is 0 Å². The van der Waals surface area contributed by atoms with Gasteiger partial charge in [-0.25, -0.2) is 0 Å². The van der Waals surface area contributed by atoms with E-state index in [1.54, 1.807) is 0 Å². The summed E-state index contributed by atoms with van der Waals surface area (Å²) in [5, 5.41) is 11.9. The monoisotopic (exact) mass is 175 g/mol. The van der Waals surface area contributed by atoms with Crippen molar-refractivity contribution in [3.63, 3.8) is 0 Å². The van der Waals surface area contributed by atoms with E-state index in [2.05, 4.69) is 5.32 Å². The summed E-state index contributed by atoms with van der Waals surface area (Å²) >= 11 is 0. The molecule has 0 aliphatic carbocycles. The molecule has 0 radical (unpaired) electrons. The molecule has 4 nitrogen and oxygen atoms in total. The Hall–Kier alpha value is -0.160. The number of rotatable bonds is 0. The van der Waals surface area contributed by atoms with Crippen LogP contribution in [0.1, 0.15) is 6.42 Å². The summed E-state index contributed by atoms with van der Waals surface area (Å²) in [5.41, 5.74) is 0. The van der Waals surface area contributed by atoms with Crippen LogP contribution in [0.5, 0.6) is 0 Å². The minimum Gasteiger partial charge on any atom is -0.388 e. The predicted octanol–water partition coefficient (Wildman–Crippen LogP) is -0.629. The summed E-state index contributed by atoms with van der Waals surface area (Å²) in [6.07, 6.45) is 0.726. The molecule has 2 heterocycles. The second kappa shape index (κ2) is 4.77. The number of aliphatic hydroxyl groups excluding tert-OH is 1. The Kier molecular flexibility index (Phi) is 3.94. The number of nitrogens with one attached hydrogen (secondary N) is 1. The summed E-state index contributed by atoms with van der Waals surface area (Å²) in [6, 6.07) is 0. The maximum absolute atomic E-state index is 9.15. The maximum atomic E-state index is 9.15. The van der Waals surface area contributed by atoms with Crippen LogP contribution in [-0.4, -0.2) is 50.7 Å². The largest absolute Gasteiger partial charge is 0.388 e. The lowest BCUT2D eigenvalue weighted by Crippen LogP contribution is -2.26. The van der Waals surface area contributed by atoms with Crippen LogP contribution in [0.2, 0.25) is 0 Å². The topological polar surface area (TPSA) is 50.7 Å². The van der Waals surface area contributed by atoms with Gasteiger partial charge in [-0.05, 0) is 20.5 Å². The minimum atomic E-state index is -0.377. The smallest absolute Gasteiger partial charge is 0.112 e. The highest BCUT2D eigenvalue weighted by atomic mass is 16.6. The van der Waals surface area contributed by atoms with E-state index < -0.39 is 0 Å². The van der Waals surface area contributed by atoms with E-state index in [1.807, 2.05) is 14.1 Å². The third kappa shape index (κ3) is 2.17. The Morgan fingerprint density at radius 1 is 1.33 bits per heavy atom. The Labute approximate surface area is 72.9 Å². The molecule has 0 unspecified atom stereocenters. The lowest BCUT2D eigenvalue weighted by molar-refractivity contribution is 0.0187. The molecule has 2 aliphatic heterocycles. The van der Waals surface area contributed by atoms with Gasteiger partial charge in [0.25, 0.3) is 0 Å². The molecule has 2 saturated heterocycles. The Morgan fingerprint density at radius 2 is 2.00 bits per heavy atom. The fraction of sp³-hybridized carbons (Fsp3) is 1.00. The molecule has 4 heteroatoms. The lowest BCUT2D eigenvalue weighted by Gasteiger charge is -2.08. The molecule has 2 rings (SSSR count). The van der Waals surface area contributed by atoms with Crippen LogP contribution in [0.15, 0.2) is 0 Å². The minimum absolute atomic E-state index is 0.0231. The van der Waals surface area contributed by atoms with Crippen molar-refractivity contribution in [1.82, 2.24) is 5.32 Å². The Balaban J connectivity index is 0.000000213. The molecule has 2 aliphatic rings. The third-order valence-corrected chi connectivity index (χ3v) is 1.94. The van der Waals surface area contributed by atoms with E-state index in [-0.39, 0.29) is 18.3 Å². The van der Waals surface area contributed by atoms with Crippen molar-refractivity contribution in [2.75, 3.05) is 27.3 Å². The molecule has 72 valence electrons. The van der Waals surface area contributed by atoms with Gasteiger partial charge >= 0.3 is 0 Å². The van der Waals surface area contributed by atoms with Crippen LogP contribution in [0.25, 0.3) is 0 Å². The summed E-state index contributed by atoms with van der Waals surface area (Å²) in [5.74, 6) is 0. The zero-order valence-electron chi connectivity index (χ0n) is 7.62. The first kappa shape index (κ1) is 9.92. The Morgan fingerprint density at radius 3 is 2.58 bits per heavy atom. The molecule has 0 aromatic heterocycles. The fourth-order valence-corrected chi connectivity index (χ4v) is 1.45. The van der Waals surface area contributed by atoms with E-state index in [0.29, 0.717) is 6.61 Å². The Bertz CT molecular complexity index is 131. The fourth-order valence-electron chi connectivity index (χ4n) is 1.45. The molecule has 3 atom stereocenters. The van der Waals surface area contributed by atoms with Crippen LogP contribution in [0.3, 0.4) is 0 Å². The third-order valence-electron chi connectivity index (χ3n) is 1.94. The van der Waals surface area contributed by atoms with Gasteiger partial charge in [-0.1, -0.05) is 0 Å². The van der Waals surface area contributed by atoms with Gasteiger partial charge in [0.15, 0.2) is 0 Å². The molecule has 0 spiro atoms. The van der Waals surface area contributed by atoms with Crippen molar-refractivity contribution in [2.45, 2.75) is 24.7 Å². The van der Waals surface area contributed by atoms with Crippen molar-refractivity contribution >= 4 is 0 Å². The summed E-state index contributed by atoms with van der Waals surface area (Å²) in [7, 11) is 3.75. The van der Waals surface area contributed by atoms with Crippen LogP contribution >= 0.6 is 0 Å². The summed E-state index contributed by atoms with van der Waals surface area (Å²) in [4.78, 5) is 0. The molecule has 0 aromatic rings. The van der Waals surface area contributed by atoms with Gasteiger partial charge in [0.1, 0.15) is 12.2 Å². The van der Waals surface area contributed by atoms with Gasteiger partial charge < -0.3 is 19.9 Å². The van der Waals surface area contributed by atoms with Gasteiger partial charge in [-0.3, -0.25) is 0 Å². The van der Waals surface area contributed by atoms with Crippen molar-refractivity contribution in [3.05, 3.63) is 0 Å². The van der Waals surface area contributed by atoms with Gasteiger partial charge in [0.05, 0.1) is 12.7 Å². The first-order valence-electron chi connectivity index (χ1n) is 4.29. The first-order valence-corrected chi connectivity index (χ1v) is 4.29. The van der Waals surface area contributed by atoms with Crippen LogP contribution < -0.4 is 5.32 Å². The molecule has 0 aromatic carbocycles. The number of fused-ring (bicyclic) bond motifs is 1. The molecular formula is C8H17NO3. The van der Waals surface area contributed by atoms with E-state index in [4.69, 9.17) is 14.6 Å². The number of aliphatic hydroxyl groups is 1. The molecule has 0 saturated carbocycles. The van der Waals surface area contributed by atoms with E-state index in [1.165, 1.54) is 0 Å². The van der Waals surface area contributed by atoms with Gasteiger partial charge in [-0.15, -0.1) is 0 Å². The standard InChI is InChI=1S/C6H10O3.C2H7N/c7-4-3-9-5-1-2-8-6(4)5;1-3-2/h4-7H,1-3H2;3H,1-2H3/t4-,5-,6-;/m1./s1. The van der Waals surface area contributed by atoms with Crippen molar-refractivity contribution < 1.29 is 14.6 Å². The molecule has 0 amide bonds. The first-order chi connectivity index (χ1) is 5.79. The summed E-state index contributed by atoms with van der Waals surface area (Å²) in [6.45, 7) is 1.20. The highest BCUT2D eigenvalue weighted by Gasteiger charge is 2.40. The van der Waals surface area contributed by atoms with Crippen LogP contribution in [0.4, 0.5) is 0 Å². The average Bonchev–Trinajstić information content (AvgIpc) is 2.57. The maximum Gasteiger partial charge on any atom is 0.112 e. The highest BCUT2D eigenvalue weighted by Crippen LogP contribution is 2.25. The lowest BCUT2D eigenvalue weighted by atomic mass is 10.1. The molecule has 2 N–H and O–H groups in total.